The van der Waals surface area contributed by atoms with Crippen molar-refractivity contribution in [3.05, 3.63) is 22.7 Å². The van der Waals surface area contributed by atoms with Gasteiger partial charge >= 0.3 is 0 Å². The summed E-state index contributed by atoms with van der Waals surface area (Å²) in [6, 6.07) is 5.29. The molecule has 0 saturated carbocycles. The van der Waals surface area contributed by atoms with Crippen molar-refractivity contribution in [2.24, 2.45) is 0 Å². The third-order valence-electron chi connectivity index (χ3n) is 1.94. The highest BCUT2D eigenvalue weighted by Gasteiger charge is 2.14. The number of ether oxygens (including phenoxy) is 2. The molecule has 0 spiro atoms. The minimum absolute atomic E-state index is 0.240. The molecule has 3 nitrogen and oxygen atoms in total. The van der Waals surface area contributed by atoms with Gasteiger partial charge in [-0.15, -0.1) is 11.6 Å². The molecule has 0 amide bonds. The van der Waals surface area contributed by atoms with Gasteiger partial charge in [-0.2, -0.15) is 5.26 Å². The van der Waals surface area contributed by atoms with E-state index in [1.807, 2.05) is 6.07 Å². The van der Waals surface area contributed by atoms with E-state index in [2.05, 4.69) is 0 Å². The lowest BCUT2D eigenvalue weighted by Gasteiger charge is -2.15. The zero-order chi connectivity index (χ0) is 12.1. The van der Waals surface area contributed by atoms with E-state index in [0.29, 0.717) is 22.1 Å². The highest BCUT2D eigenvalue weighted by Crippen LogP contribution is 2.36. The van der Waals surface area contributed by atoms with Crippen molar-refractivity contribution in [1.82, 2.24) is 0 Å². The molecule has 0 aromatic heterocycles. The second-order valence-corrected chi connectivity index (χ2v) is 3.82. The smallest absolute Gasteiger partial charge is 0.181 e. The van der Waals surface area contributed by atoms with Crippen LogP contribution in [0.25, 0.3) is 0 Å². The molecule has 0 N–H and O–H groups in total. The largest absolute Gasteiger partial charge is 0.493 e. The maximum Gasteiger partial charge on any atom is 0.181 e. The van der Waals surface area contributed by atoms with Crippen LogP contribution in [-0.4, -0.2) is 13.2 Å². The van der Waals surface area contributed by atoms with Crippen LogP contribution in [0.5, 0.6) is 11.5 Å². The van der Waals surface area contributed by atoms with Crippen molar-refractivity contribution in [3.63, 3.8) is 0 Å². The fourth-order valence-corrected chi connectivity index (χ4v) is 1.64. The summed E-state index contributed by atoms with van der Waals surface area (Å²) in [6.07, 6.45) is -0.572. The topological polar surface area (TPSA) is 42.2 Å². The van der Waals surface area contributed by atoms with Gasteiger partial charge in [-0.1, -0.05) is 11.6 Å². The summed E-state index contributed by atoms with van der Waals surface area (Å²) in [4.78, 5) is 0. The molecule has 1 aromatic rings. The number of hydrogen-bond acceptors (Lipinski definition) is 3. The van der Waals surface area contributed by atoms with Gasteiger partial charge in [0, 0.05) is 16.7 Å². The molecule has 5 heteroatoms. The molecule has 16 heavy (non-hydrogen) atoms. The molecule has 1 rings (SSSR count). The summed E-state index contributed by atoms with van der Waals surface area (Å²) < 4.78 is 10.6. The molecule has 0 saturated heterocycles. The fraction of sp³-hybridized carbons (Fsp3) is 0.364. The zero-order valence-electron chi connectivity index (χ0n) is 8.96. The summed E-state index contributed by atoms with van der Waals surface area (Å²) in [5, 5.41) is 9.22. The number of methoxy groups -OCH3 is 1. The van der Waals surface area contributed by atoms with Crippen LogP contribution in [0.2, 0.25) is 5.02 Å². The van der Waals surface area contributed by atoms with Crippen molar-refractivity contribution in [2.75, 3.05) is 7.11 Å². The number of benzene rings is 1. The first-order valence-corrected chi connectivity index (χ1v) is 5.52. The van der Waals surface area contributed by atoms with Gasteiger partial charge in [0.05, 0.1) is 13.0 Å². The molecule has 0 heterocycles. The van der Waals surface area contributed by atoms with E-state index in [-0.39, 0.29) is 5.88 Å². The molecule has 0 bridgehead atoms. The van der Waals surface area contributed by atoms with E-state index in [0.717, 1.165) is 0 Å². The number of nitriles is 1. The van der Waals surface area contributed by atoms with Crippen LogP contribution in [0, 0.1) is 11.3 Å². The summed E-state index contributed by atoms with van der Waals surface area (Å²) >= 11 is 11.7. The Kier molecular flexibility index (Phi) is 4.72. The van der Waals surface area contributed by atoms with E-state index in [1.54, 1.807) is 19.1 Å². The molecule has 0 fully saturated rings. The Morgan fingerprint density at radius 1 is 1.50 bits per heavy atom. The Balaban J connectivity index is 3.17. The Bertz CT molecular complexity index is 390. The van der Waals surface area contributed by atoms with Crippen molar-refractivity contribution in [1.29, 1.82) is 5.26 Å². The van der Waals surface area contributed by atoms with Crippen molar-refractivity contribution in [3.8, 4) is 17.6 Å². The van der Waals surface area contributed by atoms with Gasteiger partial charge in [0.25, 0.3) is 0 Å². The van der Waals surface area contributed by atoms with E-state index < -0.39 is 6.10 Å². The van der Waals surface area contributed by atoms with E-state index in [4.69, 9.17) is 37.9 Å². The first kappa shape index (κ1) is 13.0. The number of nitrogens with zero attached hydrogens (tertiary/aromatic N) is 1. The fourth-order valence-electron chi connectivity index (χ4n) is 1.21. The zero-order valence-corrected chi connectivity index (χ0v) is 10.5. The predicted molar refractivity (Wildman–Crippen MR) is 63.3 cm³/mol. The van der Waals surface area contributed by atoms with Gasteiger partial charge in [0.2, 0.25) is 0 Å². The molecule has 0 aliphatic rings. The summed E-state index contributed by atoms with van der Waals surface area (Å²) in [7, 11) is 1.51. The quantitative estimate of drug-likeness (QED) is 0.779. The first-order valence-electron chi connectivity index (χ1n) is 4.61. The predicted octanol–water partition coefficient (Wildman–Crippen LogP) is 3.38. The standard InChI is InChI=1S/C11H11Cl2NO2/c1-7(6-14)16-11-8(5-12)3-9(13)4-10(11)15-2/h3-4,7H,5H2,1-2H3. The molecule has 1 unspecified atom stereocenters. The lowest BCUT2D eigenvalue weighted by molar-refractivity contribution is 0.258. The van der Waals surface area contributed by atoms with E-state index >= 15 is 0 Å². The van der Waals surface area contributed by atoms with Gasteiger partial charge in [0.15, 0.2) is 17.6 Å². The maximum absolute atomic E-state index is 8.70. The molecular formula is C11H11Cl2NO2. The van der Waals surface area contributed by atoms with Crippen molar-refractivity contribution >= 4 is 23.2 Å². The van der Waals surface area contributed by atoms with Gasteiger partial charge < -0.3 is 9.47 Å². The highest BCUT2D eigenvalue weighted by atomic mass is 35.5. The Morgan fingerprint density at radius 2 is 2.19 bits per heavy atom. The van der Waals surface area contributed by atoms with Crippen LogP contribution in [-0.2, 0) is 5.88 Å². The lowest BCUT2D eigenvalue weighted by Crippen LogP contribution is -2.10. The highest BCUT2D eigenvalue weighted by molar-refractivity contribution is 6.31. The monoisotopic (exact) mass is 259 g/mol. The normalized spacial score (nSPS) is 11.7. The van der Waals surface area contributed by atoms with Crippen LogP contribution in [0.15, 0.2) is 12.1 Å². The molecule has 0 aliphatic carbocycles. The molecule has 86 valence electrons. The van der Waals surface area contributed by atoms with Gasteiger partial charge in [-0.3, -0.25) is 0 Å². The third-order valence-corrected chi connectivity index (χ3v) is 2.44. The average Bonchev–Trinajstić information content (AvgIpc) is 2.30. The Hall–Kier alpha value is -1.11. The molecule has 1 aromatic carbocycles. The lowest BCUT2D eigenvalue weighted by atomic mass is 10.2. The SMILES string of the molecule is COc1cc(Cl)cc(CCl)c1OC(C)C#N. The molecular weight excluding hydrogens is 249 g/mol. The minimum Gasteiger partial charge on any atom is -0.493 e. The first-order chi connectivity index (χ1) is 7.62. The summed E-state index contributed by atoms with van der Waals surface area (Å²) in [6.45, 7) is 1.64. The maximum atomic E-state index is 8.70. The van der Waals surface area contributed by atoms with E-state index in [9.17, 15) is 0 Å². The minimum atomic E-state index is -0.572. The van der Waals surface area contributed by atoms with E-state index in [1.165, 1.54) is 7.11 Å². The van der Waals surface area contributed by atoms with Crippen LogP contribution in [0.3, 0.4) is 0 Å². The third kappa shape index (κ3) is 2.94. The Labute approximate surface area is 104 Å². The van der Waals surface area contributed by atoms with Crippen LogP contribution >= 0.6 is 23.2 Å². The number of hydrogen-bond donors (Lipinski definition) is 0. The van der Waals surface area contributed by atoms with Gasteiger partial charge in [0.1, 0.15) is 6.07 Å². The molecule has 0 aliphatic heterocycles. The van der Waals surface area contributed by atoms with Crippen LogP contribution in [0.4, 0.5) is 0 Å². The van der Waals surface area contributed by atoms with Gasteiger partial charge in [-0.25, -0.2) is 0 Å². The van der Waals surface area contributed by atoms with Crippen LogP contribution in [0.1, 0.15) is 12.5 Å². The van der Waals surface area contributed by atoms with Crippen LogP contribution < -0.4 is 9.47 Å². The summed E-state index contributed by atoms with van der Waals surface area (Å²) in [5.41, 5.74) is 0.702. The van der Waals surface area contributed by atoms with Crippen molar-refractivity contribution in [2.45, 2.75) is 18.9 Å². The number of alkyl halides is 1. The van der Waals surface area contributed by atoms with Gasteiger partial charge in [-0.05, 0) is 13.0 Å². The number of halogens is 2. The second-order valence-electron chi connectivity index (χ2n) is 3.12. The Morgan fingerprint density at radius 3 is 2.69 bits per heavy atom. The second kappa shape index (κ2) is 5.83. The molecule has 0 radical (unpaired) electrons. The summed E-state index contributed by atoms with van der Waals surface area (Å²) in [5.74, 6) is 1.19. The average molecular weight is 260 g/mol. The number of rotatable bonds is 4. The van der Waals surface area contributed by atoms with Crippen molar-refractivity contribution < 1.29 is 9.47 Å². The molecule has 1 atom stereocenters.